The Kier molecular flexibility index (Phi) is 4.56. The minimum Gasteiger partial charge on any atom is -0.406 e. The molecule has 116 valence electrons. The van der Waals surface area contributed by atoms with Crippen LogP contribution in [0.15, 0.2) is 24.3 Å². The van der Waals surface area contributed by atoms with Crippen molar-refractivity contribution in [1.29, 1.82) is 0 Å². The number of carbonyl (C=O) groups is 1. The first-order valence-corrected chi connectivity index (χ1v) is 6.91. The minimum absolute atomic E-state index is 0.187. The molecule has 2 rings (SSSR count). The Morgan fingerprint density at radius 1 is 1.29 bits per heavy atom. The number of halogens is 3. The molecule has 0 aliphatic heterocycles. The predicted molar refractivity (Wildman–Crippen MR) is 70.3 cm³/mol. The van der Waals surface area contributed by atoms with Gasteiger partial charge in [0.05, 0.1) is 0 Å². The molecule has 3 nitrogen and oxygen atoms in total. The zero-order valence-electron chi connectivity index (χ0n) is 11.7. The van der Waals surface area contributed by atoms with E-state index in [2.05, 4.69) is 4.74 Å². The number of rotatable bonds is 5. The first-order chi connectivity index (χ1) is 9.86. The number of carbonyl (C=O) groups excluding carboxylic acids is 1. The van der Waals surface area contributed by atoms with E-state index in [4.69, 9.17) is 4.74 Å². The Hall–Kier alpha value is -1.56. The van der Waals surface area contributed by atoms with Gasteiger partial charge in [0.1, 0.15) is 11.4 Å². The van der Waals surface area contributed by atoms with Crippen molar-refractivity contribution in [1.82, 2.24) is 0 Å². The summed E-state index contributed by atoms with van der Waals surface area (Å²) < 4.78 is 46.2. The third-order valence-corrected chi connectivity index (χ3v) is 3.58. The van der Waals surface area contributed by atoms with Gasteiger partial charge in [0.25, 0.3) is 0 Å². The molecule has 1 aromatic rings. The average molecular weight is 302 g/mol. The second kappa shape index (κ2) is 6.05. The Morgan fingerprint density at radius 3 is 2.52 bits per heavy atom. The number of benzene rings is 1. The Bertz CT molecular complexity index is 505. The van der Waals surface area contributed by atoms with Crippen molar-refractivity contribution in [3.05, 3.63) is 29.8 Å². The van der Waals surface area contributed by atoms with Gasteiger partial charge >= 0.3 is 6.36 Å². The quantitative estimate of drug-likeness (QED) is 0.768. The molecule has 1 aliphatic carbocycles. The number of hydrogen-bond donors (Lipinski definition) is 0. The number of ether oxygens (including phenoxy) is 2. The standard InChI is InChI=1S/C15H17F3O3/c1-2-20-14(8-3-4-9-14)13(19)11-6-5-7-12(10-11)21-15(16,17)18/h5-7,10H,2-4,8-9H2,1H3. The topological polar surface area (TPSA) is 35.5 Å². The van der Waals surface area contributed by atoms with E-state index in [9.17, 15) is 18.0 Å². The Morgan fingerprint density at radius 2 is 1.95 bits per heavy atom. The molecule has 0 saturated heterocycles. The maximum atomic E-state index is 12.6. The number of Topliss-reactive ketones (excluding diaryl/α,β-unsaturated/α-hetero) is 1. The van der Waals surface area contributed by atoms with Crippen LogP contribution in [0.1, 0.15) is 43.0 Å². The zero-order valence-corrected chi connectivity index (χ0v) is 11.7. The lowest BCUT2D eigenvalue weighted by Gasteiger charge is -2.27. The van der Waals surface area contributed by atoms with Crippen molar-refractivity contribution >= 4 is 5.78 Å². The lowest BCUT2D eigenvalue weighted by molar-refractivity contribution is -0.274. The maximum absolute atomic E-state index is 12.6. The molecule has 0 atom stereocenters. The van der Waals surface area contributed by atoms with Gasteiger partial charge in [-0.3, -0.25) is 4.79 Å². The van der Waals surface area contributed by atoms with Crippen molar-refractivity contribution in [3.8, 4) is 5.75 Å². The average Bonchev–Trinajstić information content (AvgIpc) is 2.86. The summed E-state index contributed by atoms with van der Waals surface area (Å²) in [6.45, 7) is 2.20. The number of ketones is 1. The van der Waals surface area contributed by atoms with E-state index in [-0.39, 0.29) is 11.3 Å². The molecule has 1 aliphatic rings. The first-order valence-electron chi connectivity index (χ1n) is 6.91. The Balaban J connectivity index is 2.24. The maximum Gasteiger partial charge on any atom is 0.573 e. The highest BCUT2D eigenvalue weighted by atomic mass is 19.4. The van der Waals surface area contributed by atoms with Gasteiger partial charge < -0.3 is 9.47 Å². The number of hydrogen-bond acceptors (Lipinski definition) is 3. The van der Waals surface area contributed by atoms with Crippen LogP contribution in [0.4, 0.5) is 13.2 Å². The second-order valence-corrected chi connectivity index (χ2v) is 5.04. The molecular weight excluding hydrogens is 285 g/mol. The summed E-state index contributed by atoms with van der Waals surface area (Å²) in [5, 5.41) is 0. The van der Waals surface area contributed by atoms with Crippen LogP contribution in [0, 0.1) is 0 Å². The van der Waals surface area contributed by atoms with Crippen LogP contribution in [0.3, 0.4) is 0 Å². The van der Waals surface area contributed by atoms with Crippen LogP contribution >= 0.6 is 0 Å². The molecule has 1 saturated carbocycles. The van der Waals surface area contributed by atoms with Crippen molar-refractivity contribution in [2.75, 3.05) is 6.61 Å². The van der Waals surface area contributed by atoms with E-state index in [0.717, 1.165) is 18.9 Å². The molecular formula is C15H17F3O3. The van der Waals surface area contributed by atoms with Crippen molar-refractivity contribution in [2.24, 2.45) is 0 Å². The fourth-order valence-corrected chi connectivity index (χ4v) is 2.76. The second-order valence-electron chi connectivity index (χ2n) is 5.04. The molecule has 0 amide bonds. The monoisotopic (exact) mass is 302 g/mol. The summed E-state index contributed by atoms with van der Waals surface area (Å²) >= 11 is 0. The molecule has 0 spiro atoms. The van der Waals surface area contributed by atoms with Gasteiger partial charge in [-0.25, -0.2) is 0 Å². The minimum atomic E-state index is -4.77. The van der Waals surface area contributed by atoms with Gasteiger partial charge in [0.15, 0.2) is 5.78 Å². The van der Waals surface area contributed by atoms with Crippen molar-refractivity contribution < 1.29 is 27.4 Å². The molecule has 0 unspecified atom stereocenters. The Labute approximate surface area is 121 Å². The lowest BCUT2D eigenvalue weighted by atomic mass is 9.91. The lowest BCUT2D eigenvalue weighted by Crippen LogP contribution is -2.39. The van der Waals surface area contributed by atoms with E-state index in [1.165, 1.54) is 18.2 Å². The molecule has 0 radical (unpaired) electrons. The van der Waals surface area contributed by atoms with E-state index in [1.54, 1.807) is 6.92 Å². The van der Waals surface area contributed by atoms with E-state index < -0.39 is 17.7 Å². The fourth-order valence-electron chi connectivity index (χ4n) is 2.76. The zero-order chi connectivity index (χ0) is 15.5. The van der Waals surface area contributed by atoms with Gasteiger partial charge in [-0.05, 0) is 44.7 Å². The van der Waals surface area contributed by atoms with Crippen LogP contribution in [0.2, 0.25) is 0 Å². The highest BCUT2D eigenvalue weighted by Crippen LogP contribution is 2.37. The first kappa shape index (κ1) is 15.8. The highest BCUT2D eigenvalue weighted by molar-refractivity contribution is 6.03. The summed E-state index contributed by atoms with van der Waals surface area (Å²) in [5.41, 5.74) is -0.710. The van der Waals surface area contributed by atoms with Gasteiger partial charge in [0.2, 0.25) is 0 Å². The van der Waals surface area contributed by atoms with E-state index in [0.29, 0.717) is 19.4 Å². The van der Waals surface area contributed by atoms with Crippen LogP contribution < -0.4 is 4.74 Å². The molecule has 0 bridgehead atoms. The van der Waals surface area contributed by atoms with Crippen LogP contribution in [0.25, 0.3) is 0 Å². The summed E-state index contributed by atoms with van der Waals surface area (Å²) in [6, 6.07) is 5.16. The fraction of sp³-hybridized carbons (Fsp3) is 0.533. The van der Waals surface area contributed by atoms with Crippen LogP contribution in [0.5, 0.6) is 5.75 Å². The molecule has 0 aromatic heterocycles. The summed E-state index contributed by atoms with van der Waals surface area (Å²) in [4.78, 5) is 12.6. The van der Waals surface area contributed by atoms with E-state index >= 15 is 0 Å². The van der Waals surface area contributed by atoms with Gasteiger partial charge in [0, 0.05) is 12.2 Å². The number of alkyl halides is 3. The molecule has 1 fully saturated rings. The SMILES string of the molecule is CCOC1(C(=O)c2cccc(OC(F)(F)F)c2)CCCC1. The molecule has 21 heavy (non-hydrogen) atoms. The predicted octanol–water partition coefficient (Wildman–Crippen LogP) is 4.12. The normalized spacial score (nSPS) is 17.7. The summed E-state index contributed by atoms with van der Waals surface area (Å²) in [7, 11) is 0. The summed E-state index contributed by atoms with van der Waals surface area (Å²) in [5.74, 6) is -0.660. The third-order valence-electron chi connectivity index (χ3n) is 3.58. The molecule has 0 heterocycles. The van der Waals surface area contributed by atoms with Gasteiger partial charge in [-0.1, -0.05) is 12.1 Å². The molecule has 1 aromatic carbocycles. The van der Waals surface area contributed by atoms with Crippen LogP contribution in [-0.4, -0.2) is 24.4 Å². The molecule has 6 heteroatoms. The molecule has 0 N–H and O–H groups in total. The van der Waals surface area contributed by atoms with Gasteiger partial charge in [-0.2, -0.15) is 0 Å². The van der Waals surface area contributed by atoms with Crippen LogP contribution in [-0.2, 0) is 4.74 Å². The highest BCUT2D eigenvalue weighted by Gasteiger charge is 2.42. The smallest absolute Gasteiger partial charge is 0.406 e. The van der Waals surface area contributed by atoms with E-state index in [1.807, 2.05) is 0 Å². The summed E-state index contributed by atoms with van der Waals surface area (Å²) in [6.07, 6.45) is -1.81. The van der Waals surface area contributed by atoms with Crippen molar-refractivity contribution in [2.45, 2.75) is 44.6 Å². The van der Waals surface area contributed by atoms with Crippen molar-refractivity contribution in [3.63, 3.8) is 0 Å². The third kappa shape index (κ3) is 3.75. The van der Waals surface area contributed by atoms with Gasteiger partial charge in [-0.15, -0.1) is 13.2 Å². The largest absolute Gasteiger partial charge is 0.573 e.